The lowest BCUT2D eigenvalue weighted by Gasteiger charge is -2.15. The van der Waals surface area contributed by atoms with Crippen LogP contribution in [0.1, 0.15) is 15.9 Å². The van der Waals surface area contributed by atoms with Crippen LogP contribution >= 0.6 is 11.6 Å². The number of nitrogens with one attached hydrogen (secondary N) is 1. The quantitative estimate of drug-likeness (QED) is 0.585. The summed E-state index contributed by atoms with van der Waals surface area (Å²) in [4.78, 5) is 35.0. The molecule has 0 aliphatic carbocycles. The number of amides is 2. The van der Waals surface area contributed by atoms with Gasteiger partial charge in [0.05, 0.1) is 28.9 Å². The van der Waals surface area contributed by atoms with Gasteiger partial charge in [-0.1, -0.05) is 17.7 Å². The van der Waals surface area contributed by atoms with Crippen molar-refractivity contribution in [1.29, 1.82) is 0 Å². The molecule has 2 rings (SSSR count). The summed E-state index contributed by atoms with van der Waals surface area (Å²) in [6, 6.07) is 6.83. The summed E-state index contributed by atoms with van der Waals surface area (Å²) in [6.07, 6.45) is -4.75. The molecule has 0 fully saturated rings. The van der Waals surface area contributed by atoms with Crippen LogP contribution in [0.2, 0.25) is 5.02 Å². The number of primary amides is 1. The number of carbonyl (C=O) groups excluding carboxylic acids is 3. The molecule has 8 nitrogen and oxygen atoms in total. The molecule has 166 valence electrons. The van der Waals surface area contributed by atoms with Crippen LogP contribution in [0.15, 0.2) is 36.4 Å². The third-order valence-corrected chi connectivity index (χ3v) is 4.00. The minimum Gasteiger partial charge on any atom is -0.493 e. The van der Waals surface area contributed by atoms with Gasteiger partial charge in [-0.25, -0.2) is 4.79 Å². The number of benzene rings is 2. The van der Waals surface area contributed by atoms with Gasteiger partial charge in [-0.05, 0) is 30.3 Å². The number of para-hydroxylation sites is 1. The number of halogens is 4. The summed E-state index contributed by atoms with van der Waals surface area (Å²) in [5, 5.41) is 1.67. The van der Waals surface area contributed by atoms with Gasteiger partial charge in [0.25, 0.3) is 11.8 Å². The van der Waals surface area contributed by atoms with Crippen molar-refractivity contribution in [3.8, 4) is 11.5 Å². The number of carbonyl (C=O) groups is 3. The van der Waals surface area contributed by atoms with E-state index in [1.54, 1.807) is 0 Å². The van der Waals surface area contributed by atoms with Crippen LogP contribution in [0, 0.1) is 0 Å². The number of ether oxygens (including phenoxy) is 3. The first-order valence-electron chi connectivity index (χ1n) is 8.44. The number of methoxy groups -OCH3 is 1. The zero-order valence-electron chi connectivity index (χ0n) is 15.9. The number of esters is 1. The molecule has 0 heterocycles. The lowest BCUT2D eigenvalue weighted by atomic mass is 10.1. The largest absolute Gasteiger partial charge is 0.493 e. The maximum Gasteiger partial charge on any atom is 0.418 e. The Morgan fingerprint density at radius 2 is 1.81 bits per heavy atom. The molecular formula is C19H16ClF3N2O6. The van der Waals surface area contributed by atoms with Crippen molar-refractivity contribution in [1.82, 2.24) is 0 Å². The van der Waals surface area contributed by atoms with Crippen LogP contribution in [0.25, 0.3) is 0 Å². The number of anilines is 1. The number of rotatable bonds is 8. The number of alkyl halides is 3. The highest BCUT2D eigenvalue weighted by molar-refractivity contribution is 6.34. The van der Waals surface area contributed by atoms with Gasteiger partial charge in [0.15, 0.2) is 24.7 Å². The van der Waals surface area contributed by atoms with Crippen LogP contribution in [-0.2, 0) is 20.5 Å². The van der Waals surface area contributed by atoms with E-state index in [4.69, 9.17) is 31.5 Å². The number of hydrogen-bond donors (Lipinski definition) is 2. The predicted molar refractivity (Wildman–Crippen MR) is 103 cm³/mol. The lowest BCUT2D eigenvalue weighted by molar-refractivity contribution is -0.137. The summed E-state index contributed by atoms with van der Waals surface area (Å²) < 4.78 is 54.2. The highest BCUT2D eigenvalue weighted by atomic mass is 35.5. The SMILES string of the molecule is COc1cc(C(=O)OCC(=O)Nc2c(Cl)cccc2C(F)(F)F)ccc1OCC(N)=O. The molecule has 0 spiro atoms. The third-order valence-electron chi connectivity index (χ3n) is 3.69. The second-order valence-corrected chi connectivity index (χ2v) is 6.31. The van der Waals surface area contributed by atoms with Crippen LogP contribution in [0.3, 0.4) is 0 Å². The van der Waals surface area contributed by atoms with Crippen molar-refractivity contribution in [2.75, 3.05) is 25.6 Å². The number of hydrogen-bond acceptors (Lipinski definition) is 6. The van der Waals surface area contributed by atoms with Crippen molar-refractivity contribution in [2.24, 2.45) is 5.73 Å². The first-order valence-corrected chi connectivity index (χ1v) is 8.82. The van der Waals surface area contributed by atoms with Crippen LogP contribution in [0.4, 0.5) is 18.9 Å². The summed E-state index contributed by atoms with van der Waals surface area (Å²) in [7, 11) is 1.29. The van der Waals surface area contributed by atoms with Gasteiger partial charge in [0.1, 0.15) is 0 Å². The Morgan fingerprint density at radius 3 is 2.42 bits per heavy atom. The van der Waals surface area contributed by atoms with Crippen molar-refractivity contribution >= 4 is 35.1 Å². The van der Waals surface area contributed by atoms with E-state index in [9.17, 15) is 27.6 Å². The molecule has 12 heteroatoms. The van der Waals surface area contributed by atoms with Crippen molar-refractivity contribution in [2.45, 2.75) is 6.18 Å². The fourth-order valence-corrected chi connectivity index (χ4v) is 2.56. The molecule has 2 aromatic rings. The predicted octanol–water partition coefficient (Wildman–Crippen LogP) is 3.03. The average Bonchev–Trinajstić information content (AvgIpc) is 2.70. The maximum atomic E-state index is 13.1. The van der Waals surface area contributed by atoms with E-state index in [-0.39, 0.29) is 22.1 Å². The van der Waals surface area contributed by atoms with E-state index in [0.29, 0.717) is 0 Å². The van der Waals surface area contributed by atoms with E-state index >= 15 is 0 Å². The van der Waals surface area contributed by atoms with Gasteiger partial charge in [-0.15, -0.1) is 0 Å². The fraction of sp³-hybridized carbons (Fsp3) is 0.211. The molecule has 0 saturated heterocycles. The summed E-state index contributed by atoms with van der Waals surface area (Å²) >= 11 is 5.75. The lowest BCUT2D eigenvalue weighted by Crippen LogP contribution is -2.23. The number of nitrogens with two attached hydrogens (primary N) is 1. The van der Waals surface area contributed by atoms with Gasteiger partial charge in [-0.2, -0.15) is 13.2 Å². The van der Waals surface area contributed by atoms with Crippen molar-refractivity contribution in [3.63, 3.8) is 0 Å². The molecule has 0 aromatic heterocycles. The Morgan fingerprint density at radius 1 is 1.10 bits per heavy atom. The summed E-state index contributed by atoms with van der Waals surface area (Å²) in [6.45, 7) is -1.29. The minimum absolute atomic E-state index is 0.0372. The van der Waals surface area contributed by atoms with Crippen molar-refractivity contribution in [3.05, 3.63) is 52.5 Å². The molecule has 3 N–H and O–H groups in total. The van der Waals surface area contributed by atoms with Gasteiger partial charge in [0, 0.05) is 0 Å². The Kier molecular flexibility index (Phi) is 7.70. The zero-order valence-corrected chi connectivity index (χ0v) is 16.7. The summed E-state index contributed by atoms with van der Waals surface area (Å²) in [5.74, 6) is -2.48. The van der Waals surface area contributed by atoms with Gasteiger partial charge >= 0.3 is 12.1 Å². The normalized spacial score (nSPS) is 10.9. The molecule has 0 aliphatic rings. The molecule has 31 heavy (non-hydrogen) atoms. The van der Waals surface area contributed by atoms with Crippen LogP contribution in [-0.4, -0.2) is 38.1 Å². The van der Waals surface area contributed by atoms with E-state index in [0.717, 1.165) is 12.1 Å². The van der Waals surface area contributed by atoms with Crippen LogP contribution in [0.5, 0.6) is 11.5 Å². The highest BCUT2D eigenvalue weighted by Crippen LogP contribution is 2.38. The van der Waals surface area contributed by atoms with Gasteiger partial charge < -0.3 is 25.3 Å². The smallest absolute Gasteiger partial charge is 0.418 e. The van der Waals surface area contributed by atoms with E-state index in [1.165, 1.54) is 31.4 Å². The summed E-state index contributed by atoms with van der Waals surface area (Å²) in [5.41, 5.74) is 3.16. The molecule has 2 amide bonds. The standard InChI is InChI=1S/C19H16ClF3N2O6/c1-29-14-7-10(5-6-13(14)30-8-15(24)26)18(28)31-9-16(27)25-17-11(19(21,22)23)3-2-4-12(17)20/h2-7H,8-9H2,1H3,(H2,24,26)(H,25,27). The minimum atomic E-state index is -4.75. The zero-order chi connectivity index (χ0) is 23.2. The molecular weight excluding hydrogens is 445 g/mol. The molecule has 0 aliphatic heterocycles. The third kappa shape index (κ3) is 6.51. The molecule has 0 saturated carbocycles. The molecule has 2 aromatic carbocycles. The molecule has 0 bridgehead atoms. The van der Waals surface area contributed by atoms with Crippen molar-refractivity contribution < 1.29 is 41.8 Å². The Hall–Kier alpha value is -3.47. The first kappa shape index (κ1) is 23.8. The van der Waals surface area contributed by atoms with Gasteiger partial charge in [-0.3, -0.25) is 9.59 Å². The van der Waals surface area contributed by atoms with E-state index in [1.807, 2.05) is 5.32 Å². The second-order valence-electron chi connectivity index (χ2n) is 5.91. The molecule has 0 atom stereocenters. The van der Waals surface area contributed by atoms with Gasteiger partial charge in [0.2, 0.25) is 0 Å². The van der Waals surface area contributed by atoms with E-state index in [2.05, 4.69) is 0 Å². The fourth-order valence-electron chi connectivity index (χ4n) is 2.34. The molecule has 0 radical (unpaired) electrons. The first-order chi connectivity index (χ1) is 14.5. The average molecular weight is 461 g/mol. The van der Waals surface area contributed by atoms with Crippen LogP contribution < -0.4 is 20.5 Å². The monoisotopic (exact) mass is 460 g/mol. The Balaban J connectivity index is 2.05. The Labute approximate surface area is 179 Å². The second kappa shape index (κ2) is 10.0. The Bertz CT molecular complexity index is 997. The highest BCUT2D eigenvalue weighted by Gasteiger charge is 2.34. The van der Waals surface area contributed by atoms with E-state index < -0.39 is 48.4 Å². The molecule has 0 unspecified atom stereocenters. The topological polar surface area (TPSA) is 117 Å². The maximum absolute atomic E-state index is 13.1.